The van der Waals surface area contributed by atoms with Crippen molar-refractivity contribution in [3.05, 3.63) is 64.2 Å². The normalized spacial score (nSPS) is 11.2. The van der Waals surface area contributed by atoms with Gasteiger partial charge in [-0.3, -0.25) is 4.79 Å². The molecule has 0 heterocycles. The topological polar surface area (TPSA) is 66.0 Å². The first-order chi connectivity index (χ1) is 15.0. The monoisotopic (exact) mass is 444 g/mol. The lowest BCUT2D eigenvalue weighted by atomic mass is 10.1. The minimum Gasteiger partial charge on any atom is -0.497 e. The minimum absolute atomic E-state index is 0.0623. The van der Waals surface area contributed by atoms with E-state index in [1.54, 1.807) is 7.11 Å². The summed E-state index contributed by atoms with van der Waals surface area (Å²) < 4.78 is 5.19. The highest BCUT2D eigenvalue weighted by atomic mass is 35.5. The maximum absolute atomic E-state index is 12.4. The quantitative estimate of drug-likeness (QED) is 0.427. The molecule has 0 aliphatic rings. The number of nitrogens with zero attached hydrogens (tertiary/aromatic N) is 2. The van der Waals surface area contributed by atoms with Crippen molar-refractivity contribution >= 4 is 23.5 Å². The van der Waals surface area contributed by atoms with Crippen LogP contribution in [0.2, 0.25) is 5.02 Å². The lowest BCUT2D eigenvalue weighted by Gasteiger charge is -2.18. The second-order valence-corrected chi connectivity index (χ2v) is 7.41. The van der Waals surface area contributed by atoms with E-state index in [1.807, 2.05) is 68.1 Å². The minimum atomic E-state index is 0.0623. The van der Waals surface area contributed by atoms with E-state index in [0.29, 0.717) is 36.8 Å². The Labute approximate surface area is 190 Å². The SMILES string of the molecule is CCNC(=NCc1ccc(C(=O)N(CC)CC)cc1)NCCc1ccc(OC)cc1Cl. The number of aliphatic imine (C=N–C) groups is 1. The van der Waals surface area contributed by atoms with Gasteiger partial charge in [0.1, 0.15) is 5.75 Å². The van der Waals surface area contributed by atoms with Crippen LogP contribution in [0.25, 0.3) is 0 Å². The van der Waals surface area contributed by atoms with Crippen LogP contribution in [0.15, 0.2) is 47.5 Å². The summed E-state index contributed by atoms with van der Waals surface area (Å²) >= 11 is 6.32. The lowest BCUT2D eigenvalue weighted by Crippen LogP contribution is -2.38. The summed E-state index contributed by atoms with van der Waals surface area (Å²) in [7, 11) is 1.63. The van der Waals surface area contributed by atoms with Crippen molar-refractivity contribution in [2.45, 2.75) is 33.7 Å². The van der Waals surface area contributed by atoms with Crippen molar-refractivity contribution in [3.8, 4) is 5.75 Å². The van der Waals surface area contributed by atoms with Gasteiger partial charge in [-0.2, -0.15) is 0 Å². The van der Waals surface area contributed by atoms with Crippen LogP contribution in [-0.4, -0.2) is 50.1 Å². The largest absolute Gasteiger partial charge is 0.497 e. The van der Waals surface area contributed by atoms with Crippen LogP contribution in [0.1, 0.15) is 42.3 Å². The lowest BCUT2D eigenvalue weighted by molar-refractivity contribution is 0.0773. The number of amides is 1. The van der Waals surface area contributed by atoms with Gasteiger partial charge in [0.15, 0.2) is 5.96 Å². The molecule has 6 nitrogen and oxygen atoms in total. The molecule has 0 unspecified atom stereocenters. The smallest absolute Gasteiger partial charge is 0.253 e. The van der Waals surface area contributed by atoms with Gasteiger partial charge in [0.25, 0.3) is 5.91 Å². The molecule has 1 amide bonds. The number of halogens is 1. The van der Waals surface area contributed by atoms with Gasteiger partial charge in [-0.1, -0.05) is 29.8 Å². The number of nitrogens with one attached hydrogen (secondary N) is 2. The molecule has 31 heavy (non-hydrogen) atoms. The fraction of sp³-hybridized carbons (Fsp3) is 0.417. The maximum atomic E-state index is 12.4. The number of guanidine groups is 1. The van der Waals surface area contributed by atoms with E-state index in [2.05, 4.69) is 15.6 Å². The van der Waals surface area contributed by atoms with Crippen LogP contribution in [-0.2, 0) is 13.0 Å². The first-order valence-corrected chi connectivity index (χ1v) is 11.1. The van der Waals surface area contributed by atoms with Crippen molar-refractivity contribution in [1.82, 2.24) is 15.5 Å². The highest BCUT2D eigenvalue weighted by Crippen LogP contribution is 2.22. The Morgan fingerprint density at radius 2 is 1.77 bits per heavy atom. The molecule has 2 aromatic rings. The Morgan fingerprint density at radius 3 is 2.35 bits per heavy atom. The van der Waals surface area contributed by atoms with Crippen LogP contribution in [0.4, 0.5) is 0 Å². The average molecular weight is 445 g/mol. The molecule has 0 atom stereocenters. The first kappa shape index (κ1) is 24.5. The predicted molar refractivity (Wildman–Crippen MR) is 128 cm³/mol. The molecule has 2 rings (SSSR count). The van der Waals surface area contributed by atoms with Crippen LogP contribution < -0.4 is 15.4 Å². The number of methoxy groups -OCH3 is 1. The fourth-order valence-corrected chi connectivity index (χ4v) is 3.40. The van der Waals surface area contributed by atoms with Crippen LogP contribution in [0.5, 0.6) is 5.75 Å². The molecule has 0 saturated heterocycles. The van der Waals surface area contributed by atoms with Gasteiger partial charge in [0, 0.05) is 36.8 Å². The zero-order chi connectivity index (χ0) is 22.6. The summed E-state index contributed by atoms with van der Waals surface area (Å²) in [5, 5.41) is 7.30. The highest BCUT2D eigenvalue weighted by Gasteiger charge is 2.11. The Hall–Kier alpha value is -2.73. The summed E-state index contributed by atoms with van der Waals surface area (Å²) in [6.45, 7) is 9.43. The van der Waals surface area contributed by atoms with Gasteiger partial charge in [0.05, 0.1) is 13.7 Å². The van der Waals surface area contributed by atoms with Gasteiger partial charge in [-0.15, -0.1) is 0 Å². The summed E-state index contributed by atoms with van der Waals surface area (Å²) in [4.78, 5) is 18.9. The van der Waals surface area contributed by atoms with Crippen LogP contribution in [0.3, 0.4) is 0 Å². The summed E-state index contributed by atoms with van der Waals surface area (Å²) in [6.07, 6.45) is 0.773. The third-order valence-electron chi connectivity index (χ3n) is 4.96. The van der Waals surface area contributed by atoms with E-state index < -0.39 is 0 Å². The van der Waals surface area contributed by atoms with Gasteiger partial charge in [-0.25, -0.2) is 4.99 Å². The molecular formula is C24H33ClN4O2. The van der Waals surface area contributed by atoms with Crippen LogP contribution in [0, 0.1) is 0 Å². The van der Waals surface area contributed by atoms with Crippen molar-refractivity contribution in [2.24, 2.45) is 4.99 Å². The summed E-state index contributed by atoms with van der Waals surface area (Å²) in [5.74, 6) is 1.56. The Morgan fingerprint density at radius 1 is 1.06 bits per heavy atom. The Balaban J connectivity index is 1.94. The van der Waals surface area contributed by atoms with Crippen molar-refractivity contribution in [3.63, 3.8) is 0 Å². The molecule has 0 aliphatic heterocycles. The fourth-order valence-electron chi connectivity index (χ4n) is 3.13. The standard InChI is InChI=1S/C24H33ClN4O2/c1-5-26-24(27-15-14-19-12-13-21(31-4)16-22(19)25)28-17-18-8-10-20(11-9-18)23(30)29(6-2)7-3/h8-13,16H,5-7,14-15,17H2,1-4H3,(H2,26,27,28). The molecule has 0 bridgehead atoms. The zero-order valence-corrected chi connectivity index (χ0v) is 19.6. The number of hydrogen-bond acceptors (Lipinski definition) is 3. The number of carbonyl (C=O) groups excluding carboxylic acids is 1. The molecule has 0 radical (unpaired) electrons. The molecule has 0 aromatic heterocycles. The molecule has 168 valence electrons. The van der Waals surface area contributed by atoms with Gasteiger partial charge in [-0.05, 0) is 62.6 Å². The predicted octanol–water partition coefficient (Wildman–Crippen LogP) is 4.13. The zero-order valence-electron chi connectivity index (χ0n) is 18.9. The van der Waals surface area contributed by atoms with E-state index in [9.17, 15) is 4.79 Å². The van der Waals surface area contributed by atoms with Gasteiger partial charge >= 0.3 is 0 Å². The number of rotatable bonds is 10. The van der Waals surface area contributed by atoms with Gasteiger partial charge in [0.2, 0.25) is 0 Å². The number of hydrogen-bond donors (Lipinski definition) is 2. The molecule has 0 saturated carbocycles. The second kappa shape index (κ2) is 12.8. The maximum Gasteiger partial charge on any atom is 0.253 e. The molecule has 0 fully saturated rings. The third kappa shape index (κ3) is 7.47. The van der Waals surface area contributed by atoms with Crippen molar-refractivity contribution < 1.29 is 9.53 Å². The molecule has 0 aliphatic carbocycles. The summed E-state index contributed by atoms with van der Waals surface area (Å²) in [6, 6.07) is 13.4. The van der Waals surface area contributed by atoms with Crippen molar-refractivity contribution in [2.75, 3.05) is 33.3 Å². The van der Waals surface area contributed by atoms with E-state index >= 15 is 0 Å². The van der Waals surface area contributed by atoms with E-state index in [0.717, 1.165) is 35.8 Å². The molecule has 2 aromatic carbocycles. The number of benzene rings is 2. The van der Waals surface area contributed by atoms with Crippen LogP contribution >= 0.6 is 11.6 Å². The van der Waals surface area contributed by atoms with E-state index in [4.69, 9.17) is 16.3 Å². The highest BCUT2D eigenvalue weighted by molar-refractivity contribution is 6.31. The molecule has 2 N–H and O–H groups in total. The molecule has 0 spiro atoms. The Bertz CT molecular complexity index is 864. The van der Waals surface area contributed by atoms with Crippen molar-refractivity contribution in [1.29, 1.82) is 0 Å². The van der Waals surface area contributed by atoms with E-state index in [1.165, 1.54) is 0 Å². The second-order valence-electron chi connectivity index (χ2n) is 7.00. The molecule has 7 heteroatoms. The number of ether oxygens (including phenoxy) is 1. The molecular weight excluding hydrogens is 412 g/mol. The third-order valence-corrected chi connectivity index (χ3v) is 5.31. The summed E-state index contributed by atoms with van der Waals surface area (Å²) in [5.41, 5.74) is 2.81. The number of carbonyl (C=O) groups is 1. The average Bonchev–Trinajstić information content (AvgIpc) is 2.79. The van der Waals surface area contributed by atoms with E-state index in [-0.39, 0.29) is 5.91 Å². The first-order valence-electron chi connectivity index (χ1n) is 10.7. The Kier molecular flexibility index (Phi) is 10.2. The van der Waals surface area contributed by atoms with Gasteiger partial charge < -0.3 is 20.3 Å².